The van der Waals surface area contributed by atoms with Crippen LogP contribution in [0, 0.1) is 5.92 Å². The molecule has 1 aromatic carbocycles. The van der Waals surface area contributed by atoms with Crippen molar-refractivity contribution in [2.24, 2.45) is 5.92 Å². The van der Waals surface area contributed by atoms with Crippen LogP contribution in [0.5, 0.6) is 5.75 Å². The number of rotatable bonds is 7. The van der Waals surface area contributed by atoms with Gasteiger partial charge in [-0.25, -0.2) is 0 Å². The summed E-state index contributed by atoms with van der Waals surface area (Å²) in [6.45, 7) is 3.22. The molecule has 108 valence electrons. The third kappa shape index (κ3) is 2.98. The summed E-state index contributed by atoms with van der Waals surface area (Å²) < 4.78 is 11.3. The van der Waals surface area contributed by atoms with Crippen molar-refractivity contribution in [1.82, 2.24) is 5.32 Å². The molecule has 1 saturated carbocycles. The summed E-state index contributed by atoms with van der Waals surface area (Å²) in [5.74, 6) is 2.80. The number of hydrogen-bond donors (Lipinski definition) is 1. The standard InChI is InChI=1S/C17H23NO2/c1-12(18-10-4-5-13-8-9-13)16-11-14-6-3-7-15(19-2)17(14)20-16/h3,6-7,11-13,18H,4-5,8-10H2,1-2H3. The summed E-state index contributed by atoms with van der Waals surface area (Å²) in [7, 11) is 1.68. The Hall–Kier alpha value is -1.48. The van der Waals surface area contributed by atoms with Crippen LogP contribution in [0.15, 0.2) is 28.7 Å². The minimum Gasteiger partial charge on any atom is -0.493 e. The molecule has 3 rings (SSSR count). The van der Waals surface area contributed by atoms with Crippen LogP contribution in [-0.2, 0) is 0 Å². The Morgan fingerprint density at radius 1 is 1.40 bits per heavy atom. The summed E-state index contributed by atoms with van der Waals surface area (Å²) >= 11 is 0. The number of hydrogen-bond acceptors (Lipinski definition) is 3. The van der Waals surface area contributed by atoms with E-state index >= 15 is 0 Å². The first-order chi connectivity index (χ1) is 9.78. The molecule has 1 aliphatic carbocycles. The minimum atomic E-state index is 0.242. The lowest BCUT2D eigenvalue weighted by Crippen LogP contribution is -2.19. The van der Waals surface area contributed by atoms with Crippen LogP contribution < -0.4 is 10.1 Å². The van der Waals surface area contributed by atoms with Crippen LogP contribution in [0.2, 0.25) is 0 Å². The van der Waals surface area contributed by atoms with E-state index in [0.717, 1.165) is 34.9 Å². The van der Waals surface area contributed by atoms with E-state index in [2.05, 4.69) is 24.4 Å². The molecule has 3 heteroatoms. The van der Waals surface area contributed by atoms with Crippen molar-refractivity contribution in [2.75, 3.05) is 13.7 Å². The lowest BCUT2D eigenvalue weighted by Gasteiger charge is -2.10. The molecular weight excluding hydrogens is 250 g/mol. The zero-order valence-corrected chi connectivity index (χ0v) is 12.3. The average molecular weight is 273 g/mol. The van der Waals surface area contributed by atoms with E-state index in [0.29, 0.717) is 0 Å². The number of methoxy groups -OCH3 is 1. The third-order valence-corrected chi connectivity index (χ3v) is 4.11. The highest BCUT2D eigenvalue weighted by molar-refractivity contribution is 5.83. The molecule has 0 bridgehead atoms. The van der Waals surface area contributed by atoms with Crippen LogP contribution >= 0.6 is 0 Å². The predicted molar refractivity (Wildman–Crippen MR) is 81.1 cm³/mol. The van der Waals surface area contributed by atoms with Gasteiger partial charge in [-0.15, -0.1) is 0 Å². The van der Waals surface area contributed by atoms with Crippen molar-refractivity contribution < 1.29 is 9.15 Å². The van der Waals surface area contributed by atoms with Gasteiger partial charge in [0.2, 0.25) is 0 Å². The first kappa shape index (κ1) is 13.5. The van der Waals surface area contributed by atoms with E-state index in [1.807, 2.05) is 12.1 Å². The second-order valence-corrected chi connectivity index (χ2v) is 5.79. The monoisotopic (exact) mass is 273 g/mol. The first-order valence-electron chi connectivity index (χ1n) is 7.57. The van der Waals surface area contributed by atoms with E-state index in [4.69, 9.17) is 9.15 Å². The zero-order chi connectivity index (χ0) is 13.9. The van der Waals surface area contributed by atoms with Gasteiger partial charge in [0.05, 0.1) is 13.2 Å². The Morgan fingerprint density at radius 2 is 2.25 bits per heavy atom. The van der Waals surface area contributed by atoms with Gasteiger partial charge in [-0.2, -0.15) is 0 Å². The molecular formula is C17H23NO2. The van der Waals surface area contributed by atoms with Crippen LogP contribution in [0.25, 0.3) is 11.0 Å². The maximum atomic E-state index is 5.95. The number of fused-ring (bicyclic) bond motifs is 1. The molecule has 1 unspecified atom stereocenters. The Morgan fingerprint density at radius 3 is 3.00 bits per heavy atom. The highest BCUT2D eigenvalue weighted by Gasteiger charge is 2.20. The maximum Gasteiger partial charge on any atom is 0.176 e. The van der Waals surface area contributed by atoms with E-state index in [-0.39, 0.29) is 6.04 Å². The van der Waals surface area contributed by atoms with Crippen LogP contribution in [0.4, 0.5) is 0 Å². The zero-order valence-electron chi connectivity index (χ0n) is 12.3. The molecule has 1 aliphatic rings. The van der Waals surface area contributed by atoms with Crippen LogP contribution in [0.1, 0.15) is 44.4 Å². The molecule has 1 N–H and O–H groups in total. The normalized spacial score (nSPS) is 16.5. The fraction of sp³-hybridized carbons (Fsp3) is 0.529. The second-order valence-electron chi connectivity index (χ2n) is 5.79. The smallest absolute Gasteiger partial charge is 0.176 e. The number of benzene rings is 1. The number of furan rings is 1. The molecule has 0 saturated heterocycles. The topological polar surface area (TPSA) is 34.4 Å². The van der Waals surface area contributed by atoms with Gasteiger partial charge in [-0.1, -0.05) is 25.0 Å². The van der Waals surface area contributed by atoms with Crippen molar-refractivity contribution in [2.45, 2.75) is 38.6 Å². The van der Waals surface area contributed by atoms with Gasteiger partial charge < -0.3 is 14.5 Å². The number of para-hydroxylation sites is 1. The first-order valence-corrected chi connectivity index (χ1v) is 7.57. The molecule has 1 atom stereocenters. The van der Waals surface area contributed by atoms with Crippen molar-refractivity contribution in [3.8, 4) is 5.75 Å². The summed E-state index contributed by atoms with van der Waals surface area (Å²) in [6, 6.07) is 8.34. The van der Waals surface area contributed by atoms with Gasteiger partial charge in [-0.05, 0) is 44.4 Å². The maximum absolute atomic E-state index is 5.95. The van der Waals surface area contributed by atoms with Gasteiger partial charge in [0, 0.05) is 5.39 Å². The van der Waals surface area contributed by atoms with E-state index in [1.165, 1.54) is 25.7 Å². The molecule has 0 spiro atoms. The molecule has 1 aromatic heterocycles. The van der Waals surface area contributed by atoms with Crippen LogP contribution in [-0.4, -0.2) is 13.7 Å². The van der Waals surface area contributed by atoms with Crippen molar-refractivity contribution in [3.63, 3.8) is 0 Å². The SMILES string of the molecule is COc1cccc2cc(C(C)NCCCC3CC3)oc12. The lowest BCUT2D eigenvalue weighted by atomic mass is 10.2. The molecule has 2 aromatic rings. The van der Waals surface area contributed by atoms with Crippen molar-refractivity contribution in [3.05, 3.63) is 30.0 Å². The minimum absolute atomic E-state index is 0.242. The van der Waals surface area contributed by atoms with Crippen LogP contribution in [0.3, 0.4) is 0 Å². The Labute approximate surface area is 120 Å². The fourth-order valence-corrected chi connectivity index (χ4v) is 2.65. The number of nitrogens with one attached hydrogen (secondary N) is 1. The summed E-state index contributed by atoms with van der Waals surface area (Å²) in [5, 5.41) is 4.65. The van der Waals surface area contributed by atoms with E-state index in [9.17, 15) is 0 Å². The second kappa shape index (κ2) is 5.88. The predicted octanol–water partition coefficient (Wildman–Crippen LogP) is 4.28. The van der Waals surface area contributed by atoms with E-state index in [1.54, 1.807) is 7.11 Å². The molecule has 1 fully saturated rings. The Kier molecular flexibility index (Phi) is 3.97. The summed E-state index contributed by atoms with van der Waals surface area (Å²) in [5.41, 5.74) is 0.844. The largest absolute Gasteiger partial charge is 0.493 e. The molecule has 0 radical (unpaired) electrons. The van der Waals surface area contributed by atoms with E-state index < -0.39 is 0 Å². The summed E-state index contributed by atoms with van der Waals surface area (Å²) in [4.78, 5) is 0. The molecule has 0 amide bonds. The molecule has 1 heterocycles. The third-order valence-electron chi connectivity index (χ3n) is 4.11. The van der Waals surface area contributed by atoms with Gasteiger partial charge in [0.1, 0.15) is 5.76 Å². The fourth-order valence-electron chi connectivity index (χ4n) is 2.65. The lowest BCUT2D eigenvalue weighted by molar-refractivity contribution is 0.399. The molecule has 20 heavy (non-hydrogen) atoms. The van der Waals surface area contributed by atoms with Crippen molar-refractivity contribution in [1.29, 1.82) is 0 Å². The highest BCUT2D eigenvalue weighted by atomic mass is 16.5. The van der Waals surface area contributed by atoms with Gasteiger partial charge in [0.25, 0.3) is 0 Å². The summed E-state index contributed by atoms with van der Waals surface area (Å²) in [6.07, 6.45) is 5.52. The Balaban J connectivity index is 1.62. The van der Waals surface area contributed by atoms with Gasteiger partial charge >= 0.3 is 0 Å². The quantitative estimate of drug-likeness (QED) is 0.764. The van der Waals surface area contributed by atoms with Gasteiger partial charge in [-0.3, -0.25) is 0 Å². The van der Waals surface area contributed by atoms with Crippen molar-refractivity contribution >= 4 is 11.0 Å². The average Bonchev–Trinajstić information content (AvgIpc) is 3.18. The molecule has 0 aliphatic heterocycles. The number of ether oxygens (including phenoxy) is 1. The molecule has 3 nitrogen and oxygen atoms in total. The van der Waals surface area contributed by atoms with Gasteiger partial charge in [0.15, 0.2) is 11.3 Å². The Bertz CT molecular complexity index is 571. The highest BCUT2D eigenvalue weighted by Crippen LogP contribution is 2.33.